The minimum Gasteiger partial charge on any atom is -0.377 e. The molecule has 0 radical (unpaired) electrons. The number of guanidine groups is 1. The molecule has 26 heavy (non-hydrogen) atoms. The van der Waals surface area contributed by atoms with E-state index in [0.717, 1.165) is 31.2 Å². The first kappa shape index (κ1) is 25.8. The molecule has 9 heteroatoms. The van der Waals surface area contributed by atoms with Crippen LogP contribution >= 0.6 is 47.2 Å². The summed E-state index contributed by atoms with van der Waals surface area (Å²) in [7, 11) is 6.02. The summed E-state index contributed by atoms with van der Waals surface area (Å²) in [6.07, 6.45) is 1.12. The number of nitrogens with zero attached hydrogens (tertiary/aromatic N) is 3. The maximum atomic E-state index is 6.10. The first-order valence-electron chi connectivity index (χ1n) is 8.67. The summed E-state index contributed by atoms with van der Waals surface area (Å²) in [6.45, 7) is 7.74. The monoisotopic (exact) mass is 519 g/mol. The van der Waals surface area contributed by atoms with E-state index < -0.39 is 0 Å². The fraction of sp³-hybridized carbons (Fsp3) is 0.706. The molecule has 0 aliphatic heterocycles. The number of hydrogen-bond acceptors (Lipinski definition) is 3. The number of aliphatic imine (C=N–C) groups is 1. The van der Waals surface area contributed by atoms with Gasteiger partial charge in [-0.1, -0.05) is 23.2 Å². The zero-order valence-corrected chi connectivity index (χ0v) is 20.2. The number of aromatic nitrogens is 1. The average Bonchev–Trinajstić information content (AvgIpc) is 2.81. The number of ether oxygens (including phenoxy) is 1. The Morgan fingerprint density at radius 2 is 2.00 bits per heavy atom. The van der Waals surface area contributed by atoms with Gasteiger partial charge >= 0.3 is 0 Å². The standard InChI is InChI=1S/C17H31Cl2N5O.HI/c1-6-20-17(21-11-13-10-15(18)16(19)24(13)5)22-12-14(25-7-2)8-9-23(3)4;/h10,14H,6-9,11-12H2,1-5H3,(H2,20,21,22);1H. The molecule has 0 saturated heterocycles. The summed E-state index contributed by atoms with van der Waals surface area (Å²) >= 11 is 12.2. The van der Waals surface area contributed by atoms with E-state index in [4.69, 9.17) is 27.9 Å². The Bertz CT molecular complexity index is 552. The summed E-state index contributed by atoms with van der Waals surface area (Å²) in [4.78, 5) is 6.78. The minimum atomic E-state index is 0. The van der Waals surface area contributed by atoms with Crippen LogP contribution in [-0.4, -0.2) is 61.9 Å². The van der Waals surface area contributed by atoms with Gasteiger partial charge in [-0.05, 0) is 40.4 Å². The number of hydrogen-bond donors (Lipinski definition) is 2. The number of rotatable bonds is 10. The molecule has 1 atom stereocenters. The topological polar surface area (TPSA) is 53.8 Å². The van der Waals surface area contributed by atoms with Crippen LogP contribution in [0.25, 0.3) is 0 Å². The van der Waals surface area contributed by atoms with Crippen LogP contribution in [0.1, 0.15) is 26.0 Å². The van der Waals surface area contributed by atoms with Gasteiger partial charge in [-0.3, -0.25) is 0 Å². The highest BCUT2D eigenvalue weighted by atomic mass is 127. The number of nitrogens with one attached hydrogen (secondary N) is 2. The van der Waals surface area contributed by atoms with Crippen molar-refractivity contribution in [3.05, 3.63) is 21.9 Å². The molecule has 0 aliphatic rings. The molecule has 2 N–H and O–H groups in total. The highest BCUT2D eigenvalue weighted by molar-refractivity contribution is 14.0. The minimum absolute atomic E-state index is 0. The van der Waals surface area contributed by atoms with Crippen LogP contribution in [-0.2, 0) is 18.3 Å². The second kappa shape index (κ2) is 13.9. The summed E-state index contributed by atoms with van der Waals surface area (Å²) < 4.78 is 7.66. The summed E-state index contributed by atoms with van der Waals surface area (Å²) in [5.74, 6) is 0.755. The van der Waals surface area contributed by atoms with Crippen molar-refractivity contribution < 1.29 is 4.74 Å². The summed E-state index contributed by atoms with van der Waals surface area (Å²) in [5.41, 5.74) is 0.959. The van der Waals surface area contributed by atoms with Gasteiger partial charge in [-0.25, -0.2) is 4.99 Å². The van der Waals surface area contributed by atoms with E-state index >= 15 is 0 Å². The van der Waals surface area contributed by atoms with Gasteiger partial charge < -0.3 is 24.8 Å². The highest BCUT2D eigenvalue weighted by Gasteiger charge is 2.11. The molecular weight excluding hydrogens is 488 g/mol. The van der Waals surface area contributed by atoms with Crippen molar-refractivity contribution in [3.8, 4) is 0 Å². The zero-order valence-electron chi connectivity index (χ0n) is 16.3. The molecule has 0 aliphatic carbocycles. The van der Waals surface area contributed by atoms with E-state index in [0.29, 0.717) is 29.9 Å². The second-order valence-corrected chi connectivity index (χ2v) is 6.84. The fourth-order valence-corrected chi connectivity index (χ4v) is 2.75. The predicted octanol–water partition coefficient (Wildman–Crippen LogP) is 3.36. The predicted molar refractivity (Wildman–Crippen MR) is 122 cm³/mol. The molecule has 1 heterocycles. The molecule has 1 aromatic heterocycles. The van der Waals surface area contributed by atoms with E-state index in [9.17, 15) is 0 Å². The third kappa shape index (κ3) is 9.12. The molecule has 0 amide bonds. The second-order valence-electron chi connectivity index (χ2n) is 6.08. The van der Waals surface area contributed by atoms with E-state index in [-0.39, 0.29) is 30.1 Å². The van der Waals surface area contributed by atoms with Crippen molar-refractivity contribution in [2.75, 3.05) is 40.3 Å². The molecule has 0 saturated carbocycles. The lowest BCUT2D eigenvalue weighted by molar-refractivity contribution is 0.0548. The van der Waals surface area contributed by atoms with Crippen molar-refractivity contribution in [1.29, 1.82) is 0 Å². The van der Waals surface area contributed by atoms with Crippen LogP contribution in [0.15, 0.2) is 11.1 Å². The first-order chi connectivity index (χ1) is 11.9. The maximum absolute atomic E-state index is 6.10. The summed E-state index contributed by atoms with van der Waals surface area (Å²) in [6, 6.07) is 1.84. The molecule has 0 spiro atoms. The van der Waals surface area contributed by atoms with Gasteiger partial charge in [-0.15, -0.1) is 24.0 Å². The van der Waals surface area contributed by atoms with Gasteiger partial charge in [0.25, 0.3) is 0 Å². The Hall–Kier alpha value is -0.220. The smallest absolute Gasteiger partial charge is 0.191 e. The van der Waals surface area contributed by atoms with E-state index in [2.05, 4.69) is 34.6 Å². The maximum Gasteiger partial charge on any atom is 0.191 e. The van der Waals surface area contributed by atoms with E-state index in [1.165, 1.54) is 0 Å². The largest absolute Gasteiger partial charge is 0.377 e. The van der Waals surface area contributed by atoms with E-state index in [1.54, 1.807) is 0 Å². The van der Waals surface area contributed by atoms with Crippen molar-refractivity contribution in [3.63, 3.8) is 0 Å². The van der Waals surface area contributed by atoms with Crippen LogP contribution in [0.3, 0.4) is 0 Å². The molecule has 1 unspecified atom stereocenters. The van der Waals surface area contributed by atoms with Gasteiger partial charge in [0.2, 0.25) is 0 Å². The Labute approximate surface area is 184 Å². The van der Waals surface area contributed by atoms with Crippen LogP contribution in [0.4, 0.5) is 0 Å². The van der Waals surface area contributed by atoms with Crippen LogP contribution < -0.4 is 10.6 Å². The van der Waals surface area contributed by atoms with Crippen molar-refractivity contribution in [1.82, 2.24) is 20.1 Å². The molecule has 1 aromatic rings. The Morgan fingerprint density at radius 1 is 1.31 bits per heavy atom. The molecule has 6 nitrogen and oxygen atoms in total. The van der Waals surface area contributed by atoms with Gasteiger partial charge in [0.15, 0.2) is 5.96 Å². The molecule has 0 fully saturated rings. The summed E-state index contributed by atoms with van der Waals surface area (Å²) in [5, 5.41) is 7.70. The lowest BCUT2D eigenvalue weighted by Crippen LogP contribution is -2.42. The van der Waals surface area contributed by atoms with Gasteiger partial charge in [0.05, 0.1) is 17.7 Å². The normalized spacial score (nSPS) is 12.8. The van der Waals surface area contributed by atoms with Crippen LogP contribution in [0.2, 0.25) is 10.2 Å². The van der Waals surface area contributed by atoms with Gasteiger partial charge in [-0.2, -0.15) is 0 Å². The van der Waals surface area contributed by atoms with Crippen molar-refractivity contribution >= 4 is 53.1 Å². The van der Waals surface area contributed by atoms with Gasteiger partial charge in [0.1, 0.15) is 5.15 Å². The first-order valence-corrected chi connectivity index (χ1v) is 9.42. The van der Waals surface area contributed by atoms with Gasteiger partial charge in [0, 0.05) is 39.0 Å². The Kier molecular flexibility index (Phi) is 13.8. The van der Waals surface area contributed by atoms with Crippen molar-refractivity contribution in [2.45, 2.75) is 32.9 Å². The third-order valence-electron chi connectivity index (χ3n) is 3.76. The molecule has 0 bridgehead atoms. The Balaban J connectivity index is 0.00000625. The molecule has 152 valence electrons. The zero-order chi connectivity index (χ0) is 18.8. The quantitative estimate of drug-likeness (QED) is 0.283. The van der Waals surface area contributed by atoms with Crippen LogP contribution in [0, 0.1) is 0 Å². The fourth-order valence-electron chi connectivity index (χ4n) is 2.34. The number of halogens is 3. The Morgan fingerprint density at radius 3 is 2.50 bits per heavy atom. The lowest BCUT2D eigenvalue weighted by Gasteiger charge is -2.21. The molecule has 1 rings (SSSR count). The highest BCUT2D eigenvalue weighted by Crippen LogP contribution is 2.25. The van der Waals surface area contributed by atoms with Crippen LogP contribution in [0.5, 0.6) is 0 Å². The SMILES string of the molecule is CCNC(=NCc1cc(Cl)c(Cl)n1C)NCC(CCN(C)C)OCC.I. The molecular formula is C17H32Cl2IN5O. The third-order valence-corrected chi connectivity index (χ3v) is 4.60. The van der Waals surface area contributed by atoms with Crippen molar-refractivity contribution in [2.24, 2.45) is 12.0 Å². The lowest BCUT2D eigenvalue weighted by atomic mass is 10.2. The molecule has 0 aromatic carbocycles. The average molecular weight is 520 g/mol. The van der Waals surface area contributed by atoms with E-state index in [1.807, 2.05) is 31.5 Å².